The first kappa shape index (κ1) is 20.5. The Morgan fingerprint density at radius 3 is 2.00 bits per heavy atom. The van der Waals surface area contributed by atoms with Crippen molar-refractivity contribution in [2.24, 2.45) is 0 Å². The molecule has 1 amide bonds. The summed E-state index contributed by atoms with van der Waals surface area (Å²) in [6.45, 7) is 8.27. The quantitative estimate of drug-likeness (QED) is 0.755. The highest BCUT2D eigenvalue weighted by molar-refractivity contribution is 7.90. The van der Waals surface area contributed by atoms with Crippen molar-refractivity contribution in [2.75, 3.05) is 11.6 Å². The van der Waals surface area contributed by atoms with E-state index in [1.54, 1.807) is 0 Å². The van der Waals surface area contributed by atoms with E-state index >= 15 is 0 Å². The molecule has 2 rings (SSSR count). The highest BCUT2D eigenvalue weighted by Crippen LogP contribution is 2.33. The maximum atomic E-state index is 12.8. The lowest BCUT2D eigenvalue weighted by atomic mass is 9.92. The van der Waals surface area contributed by atoms with E-state index in [0.29, 0.717) is 0 Å². The summed E-state index contributed by atoms with van der Waals surface area (Å²) in [5.41, 5.74) is 3.13. The molecule has 1 N–H and O–H groups in total. The van der Waals surface area contributed by atoms with Crippen molar-refractivity contribution in [1.29, 1.82) is 0 Å². The van der Waals surface area contributed by atoms with Crippen molar-refractivity contribution in [2.45, 2.75) is 44.4 Å². The lowest BCUT2D eigenvalue weighted by molar-refractivity contribution is 0.102. The molecular formula is C20H24ClNO3S. The molecule has 2 aromatic rings. The standard InChI is InChI=1S/C20H24ClNO3S/c1-12(2)15-7-6-8-16(13(3)4)19(15)22-20(23)14-9-10-17(21)18(11-14)26(5,24)25/h6-13H,1-5H3,(H,22,23). The Morgan fingerprint density at radius 1 is 1.00 bits per heavy atom. The van der Waals surface area contributed by atoms with Gasteiger partial charge in [-0.05, 0) is 41.2 Å². The summed E-state index contributed by atoms with van der Waals surface area (Å²) >= 11 is 5.97. The molecule has 0 atom stereocenters. The molecule has 0 radical (unpaired) electrons. The SMILES string of the molecule is CC(C)c1cccc(C(C)C)c1NC(=O)c1ccc(Cl)c(S(C)(=O)=O)c1. The molecule has 0 unspecified atom stereocenters. The molecule has 0 saturated heterocycles. The Labute approximate surface area is 160 Å². The van der Waals surface area contributed by atoms with Gasteiger partial charge < -0.3 is 5.32 Å². The Bertz CT molecular complexity index is 908. The van der Waals surface area contributed by atoms with E-state index in [4.69, 9.17) is 11.6 Å². The van der Waals surface area contributed by atoms with Gasteiger partial charge in [0.25, 0.3) is 5.91 Å². The first-order valence-electron chi connectivity index (χ1n) is 8.46. The molecule has 26 heavy (non-hydrogen) atoms. The van der Waals surface area contributed by atoms with E-state index in [2.05, 4.69) is 33.0 Å². The van der Waals surface area contributed by atoms with E-state index in [0.717, 1.165) is 23.1 Å². The molecule has 0 spiro atoms. The summed E-state index contributed by atoms with van der Waals surface area (Å²) < 4.78 is 23.7. The second-order valence-corrected chi connectivity index (χ2v) is 9.38. The topological polar surface area (TPSA) is 63.2 Å². The third-order valence-electron chi connectivity index (χ3n) is 4.20. The molecule has 0 heterocycles. The third-order valence-corrected chi connectivity index (χ3v) is 5.78. The second-order valence-electron chi connectivity index (χ2n) is 6.99. The van der Waals surface area contributed by atoms with Crippen molar-refractivity contribution >= 4 is 33.0 Å². The fourth-order valence-corrected chi connectivity index (χ4v) is 4.11. The van der Waals surface area contributed by atoms with Crippen molar-refractivity contribution in [3.05, 3.63) is 58.1 Å². The lowest BCUT2D eigenvalue weighted by Gasteiger charge is -2.20. The van der Waals surface area contributed by atoms with Crippen molar-refractivity contribution in [3.63, 3.8) is 0 Å². The van der Waals surface area contributed by atoms with Gasteiger partial charge in [0.05, 0.1) is 9.92 Å². The van der Waals surface area contributed by atoms with Crippen LogP contribution in [0, 0.1) is 0 Å². The molecule has 6 heteroatoms. The van der Waals surface area contributed by atoms with Crippen molar-refractivity contribution < 1.29 is 13.2 Å². The van der Waals surface area contributed by atoms with Gasteiger partial charge in [-0.3, -0.25) is 4.79 Å². The highest BCUT2D eigenvalue weighted by atomic mass is 35.5. The molecular weight excluding hydrogens is 370 g/mol. The summed E-state index contributed by atoms with van der Waals surface area (Å²) in [6, 6.07) is 10.3. The van der Waals surface area contributed by atoms with Crippen LogP contribution in [0.3, 0.4) is 0 Å². The monoisotopic (exact) mass is 393 g/mol. The van der Waals surface area contributed by atoms with Gasteiger partial charge in [0, 0.05) is 17.5 Å². The van der Waals surface area contributed by atoms with Gasteiger partial charge in [0.2, 0.25) is 0 Å². The average molecular weight is 394 g/mol. The van der Waals surface area contributed by atoms with Crippen LogP contribution in [0.25, 0.3) is 0 Å². The predicted molar refractivity (Wildman–Crippen MR) is 107 cm³/mol. The first-order valence-corrected chi connectivity index (χ1v) is 10.7. The molecule has 140 valence electrons. The Balaban J connectivity index is 2.49. The van der Waals surface area contributed by atoms with Crippen LogP contribution in [0.5, 0.6) is 0 Å². The van der Waals surface area contributed by atoms with Gasteiger partial charge in [0.15, 0.2) is 9.84 Å². The number of amides is 1. The summed E-state index contributed by atoms with van der Waals surface area (Å²) in [5, 5.41) is 3.09. The minimum atomic E-state index is -3.52. The van der Waals surface area contributed by atoms with Crippen LogP contribution in [-0.4, -0.2) is 20.6 Å². The number of hydrogen-bond donors (Lipinski definition) is 1. The maximum Gasteiger partial charge on any atom is 0.255 e. The molecule has 0 saturated carbocycles. The number of sulfone groups is 1. The zero-order valence-electron chi connectivity index (χ0n) is 15.6. The van der Waals surface area contributed by atoms with E-state index in [9.17, 15) is 13.2 Å². The molecule has 4 nitrogen and oxygen atoms in total. The molecule has 2 aromatic carbocycles. The molecule has 0 aliphatic rings. The number of carbonyl (C=O) groups excluding carboxylic acids is 1. The first-order chi connectivity index (χ1) is 12.0. The number of anilines is 1. The van der Waals surface area contributed by atoms with Crippen LogP contribution in [0.1, 0.15) is 61.0 Å². The lowest BCUT2D eigenvalue weighted by Crippen LogP contribution is -2.16. The molecule has 0 aliphatic carbocycles. The number of benzene rings is 2. The van der Waals surface area contributed by atoms with Crippen molar-refractivity contribution in [1.82, 2.24) is 0 Å². The van der Waals surface area contributed by atoms with Gasteiger partial charge in [-0.15, -0.1) is 0 Å². The van der Waals surface area contributed by atoms with Gasteiger partial charge in [-0.2, -0.15) is 0 Å². The van der Waals surface area contributed by atoms with E-state index in [1.807, 2.05) is 18.2 Å². The maximum absolute atomic E-state index is 12.8. The van der Waals surface area contributed by atoms with Crippen LogP contribution in [0.4, 0.5) is 5.69 Å². The number of halogens is 1. The largest absolute Gasteiger partial charge is 0.321 e. The summed E-state index contributed by atoms with van der Waals surface area (Å²) in [7, 11) is -3.52. The zero-order chi connectivity index (χ0) is 19.6. The van der Waals surface area contributed by atoms with Gasteiger partial charge in [-0.25, -0.2) is 8.42 Å². The van der Waals surface area contributed by atoms with E-state index in [1.165, 1.54) is 18.2 Å². The highest BCUT2D eigenvalue weighted by Gasteiger charge is 2.19. The minimum absolute atomic E-state index is 0.0481. The summed E-state index contributed by atoms with van der Waals surface area (Å²) in [6.07, 6.45) is 1.07. The molecule has 0 aliphatic heterocycles. The van der Waals surface area contributed by atoms with Gasteiger partial charge >= 0.3 is 0 Å². The fourth-order valence-electron chi connectivity index (χ4n) is 2.81. The van der Waals surface area contributed by atoms with Crippen LogP contribution < -0.4 is 5.32 Å². The normalized spacial score (nSPS) is 11.8. The minimum Gasteiger partial charge on any atom is -0.321 e. The Morgan fingerprint density at radius 2 is 1.54 bits per heavy atom. The number of rotatable bonds is 5. The molecule has 0 bridgehead atoms. The Hall–Kier alpha value is -1.85. The van der Waals surface area contributed by atoms with Crippen LogP contribution in [0.15, 0.2) is 41.3 Å². The van der Waals surface area contributed by atoms with E-state index < -0.39 is 9.84 Å². The number of hydrogen-bond acceptors (Lipinski definition) is 3. The number of para-hydroxylation sites is 1. The van der Waals surface area contributed by atoms with Crippen LogP contribution in [-0.2, 0) is 9.84 Å². The van der Waals surface area contributed by atoms with Crippen LogP contribution in [0.2, 0.25) is 5.02 Å². The molecule has 0 fully saturated rings. The smallest absolute Gasteiger partial charge is 0.255 e. The number of nitrogens with one attached hydrogen (secondary N) is 1. The van der Waals surface area contributed by atoms with Gasteiger partial charge in [-0.1, -0.05) is 57.5 Å². The summed E-state index contributed by atoms with van der Waals surface area (Å²) in [4.78, 5) is 12.8. The fraction of sp³-hybridized carbons (Fsp3) is 0.350. The number of carbonyl (C=O) groups is 1. The van der Waals surface area contributed by atoms with Crippen molar-refractivity contribution in [3.8, 4) is 0 Å². The average Bonchev–Trinajstić information content (AvgIpc) is 2.53. The summed E-state index contributed by atoms with van der Waals surface area (Å²) in [5.74, 6) is 0.114. The predicted octanol–water partition coefficient (Wildman–Crippen LogP) is 5.24. The zero-order valence-corrected chi connectivity index (χ0v) is 17.2. The Kier molecular flexibility index (Phi) is 6.14. The van der Waals surface area contributed by atoms with Crippen LogP contribution >= 0.6 is 11.6 Å². The van der Waals surface area contributed by atoms with E-state index in [-0.39, 0.29) is 33.2 Å². The van der Waals surface area contributed by atoms with Gasteiger partial charge in [0.1, 0.15) is 0 Å². The molecule has 0 aromatic heterocycles. The second kappa shape index (κ2) is 7.80. The third kappa shape index (κ3) is 4.46.